The molecule has 0 spiro atoms. The van der Waals surface area contributed by atoms with Crippen molar-refractivity contribution in [1.29, 1.82) is 0 Å². The Bertz CT molecular complexity index is 410. The maximum absolute atomic E-state index is 10.5. The molecule has 1 aromatic carbocycles. The van der Waals surface area contributed by atoms with E-state index in [1.54, 1.807) is 18.0 Å². The lowest BCUT2D eigenvalue weighted by molar-refractivity contribution is -0.116. The SMILES string of the molecule is CN(C=O)CCc1c(Br)cc(Br)c(O)c1Br. The average Bonchev–Trinajstić information content (AvgIpc) is 2.25. The molecule has 0 saturated heterocycles. The largest absolute Gasteiger partial charge is 0.506 e. The van der Waals surface area contributed by atoms with Crippen LogP contribution >= 0.6 is 47.8 Å². The van der Waals surface area contributed by atoms with Gasteiger partial charge in [0.2, 0.25) is 6.41 Å². The summed E-state index contributed by atoms with van der Waals surface area (Å²) in [6.07, 6.45) is 1.44. The van der Waals surface area contributed by atoms with Crippen LogP contribution in [-0.4, -0.2) is 30.0 Å². The summed E-state index contributed by atoms with van der Waals surface area (Å²) in [5, 5.41) is 9.74. The zero-order valence-corrected chi connectivity index (χ0v) is 13.3. The van der Waals surface area contributed by atoms with E-state index in [0.717, 1.165) is 16.4 Å². The number of hydrogen-bond acceptors (Lipinski definition) is 2. The smallest absolute Gasteiger partial charge is 0.209 e. The first kappa shape index (κ1) is 14.0. The number of likely N-dealkylation sites (N-methyl/N-ethyl adjacent to an activating group) is 1. The minimum atomic E-state index is 0.173. The minimum absolute atomic E-state index is 0.173. The zero-order valence-electron chi connectivity index (χ0n) is 8.51. The third-order valence-electron chi connectivity index (χ3n) is 2.14. The molecule has 0 unspecified atom stereocenters. The zero-order chi connectivity index (χ0) is 12.3. The first-order valence-electron chi connectivity index (χ1n) is 4.48. The lowest BCUT2D eigenvalue weighted by Gasteiger charge is -2.14. The van der Waals surface area contributed by atoms with E-state index in [1.165, 1.54) is 0 Å². The van der Waals surface area contributed by atoms with Crippen molar-refractivity contribution in [1.82, 2.24) is 4.90 Å². The van der Waals surface area contributed by atoms with Crippen molar-refractivity contribution in [3.63, 3.8) is 0 Å². The summed E-state index contributed by atoms with van der Waals surface area (Å²) in [7, 11) is 1.72. The molecule has 1 amide bonds. The molecular formula is C10H10Br3NO2. The second kappa shape index (κ2) is 6.02. The Balaban J connectivity index is 2.96. The Morgan fingerprint density at radius 1 is 1.38 bits per heavy atom. The highest BCUT2D eigenvalue weighted by Crippen LogP contribution is 2.39. The highest BCUT2D eigenvalue weighted by molar-refractivity contribution is 9.11. The van der Waals surface area contributed by atoms with Crippen LogP contribution in [-0.2, 0) is 11.2 Å². The number of phenolic OH excluding ortho intramolecular Hbond substituents is 1. The van der Waals surface area contributed by atoms with Gasteiger partial charge < -0.3 is 10.0 Å². The maximum atomic E-state index is 10.5. The van der Waals surface area contributed by atoms with Crippen molar-refractivity contribution in [2.45, 2.75) is 6.42 Å². The average molecular weight is 416 g/mol. The van der Waals surface area contributed by atoms with E-state index in [9.17, 15) is 9.90 Å². The second-order valence-corrected chi connectivity index (χ2v) is 5.82. The van der Waals surface area contributed by atoms with Crippen molar-refractivity contribution >= 4 is 54.2 Å². The van der Waals surface area contributed by atoms with Gasteiger partial charge in [0.05, 0.1) is 8.95 Å². The van der Waals surface area contributed by atoms with Crippen LogP contribution in [0.2, 0.25) is 0 Å². The van der Waals surface area contributed by atoms with E-state index in [4.69, 9.17) is 0 Å². The molecule has 1 rings (SSSR count). The van der Waals surface area contributed by atoms with Crippen LogP contribution in [0.25, 0.3) is 0 Å². The third-order valence-corrected chi connectivity index (χ3v) is 4.30. The number of benzene rings is 1. The van der Waals surface area contributed by atoms with Crippen molar-refractivity contribution in [3.8, 4) is 5.75 Å². The summed E-state index contributed by atoms with van der Waals surface area (Å²) in [6.45, 7) is 0.599. The van der Waals surface area contributed by atoms with Crippen LogP contribution < -0.4 is 0 Å². The second-order valence-electron chi connectivity index (χ2n) is 3.32. The molecule has 0 aliphatic carbocycles. The molecule has 0 atom stereocenters. The van der Waals surface area contributed by atoms with Crippen LogP contribution in [0.3, 0.4) is 0 Å². The van der Waals surface area contributed by atoms with Crippen LogP contribution in [0.5, 0.6) is 5.75 Å². The highest BCUT2D eigenvalue weighted by atomic mass is 79.9. The molecule has 0 radical (unpaired) electrons. The van der Waals surface area contributed by atoms with Crippen LogP contribution in [0.15, 0.2) is 19.5 Å². The number of carbonyl (C=O) groups excluding carboxylic acids is 1. The fourth-order valence-electron chi connectivity index (χ4n) is 1.19. The van der Waals surface area contributed by atoms with Crippen molar-refractivity contribution in [2.24, 2.45) is 0 Å². The molecule has 3 nitrogen and oxygen atoms in total. The molecule has 0 aliphatic heterocycles. The fourth-order valence-corrected chi connectivity index (χ4v) is 3.71. The summed E-state index contributed by atoms with van der Waals surface area (Å²) < 4.78 is 2.16. The molecule has 0 aliphatic rings. The van der Waals surface area contributed by atoms with E-state index in [1.807, 2.05) is 0 Å². The molecule has 1 N–H and O–H groups in total. The predicted molar refractivity (Wildman–Crippen MR) is 73.6 cm³/mol. The number of amides is 1. The summed E-state index contributed by atoms with van der Waals surface area (Å²) in [4.78, 5) is 12.0. The molecule has 0 saturated carbocycles. The lowest BCUT2D eigenvalue weighted by Crippen LogP contribution is -2.19. The first-order valence-corrected chi connectivity index (χ1v) is 6.86. The van der Waals surface area contributed by atoms with Crippen LogP contribution in [0.4, 0.5) is 0 Å². The number of halogens is 3. The van der Waals surface area contributed by atoms with E-state index >= 15 is 0 Å². The van der Waals surface area contributed by atoms with Gasteiger partial charge in [-0.2, -0.15) is 0 Å². The van der Waals surface area contributed by atoms with Gasteiger partial charge in [0, 0.05) is 18.1 Å². The molecule has 16 heavy (non-hydrogen) atoms. The summed E-state index contributed by atoms with van der Waals surface area (Å²) in [5.74, 6) is 0.173. The molecule has 6 heteroatoms. The number of hydrogen-bond donors (Lipinski definition) is 1. The predicted octanol–water partition coefficient (Wildman–Crippen LogP) is 3.31. The van der Waals surface area contributed by atoms with Gasteiger partial charge in [-0.1, -0.05) is 15.9 Å². The lowest BCUT2D eigenvalue weighted by atomic mass is 10.1. The van der Waals surface area contributed by atoms with E-state index < -0.39 is 0 Å². The highest BCUT2D eigenvalue weighted by Gasteiger charge is 2.13. The Morgan fingerprint density at radius 2 is 2.00 bits per heavy atom. The van der Waals surface area contributed by atoms with Crippen LogP contribution in [0, 0.1) is 0 Å². The van der Waals surface area contributed by atoms with Crippen molar-refractivity contribution < 1.29 is 9.90 Å². The maximum Gasteiger partial charge on any atom is 0.209 e. The molecule has 1 aromatic rings. The summed E-state index contributed by atoms with van der Waals surface area (Å²) >= 11 is 10.0. The van der Waals surface area contributed by atoms with Gasteiger partial charge in [0.15, 0.2) is 0 Å². The van der Waals surface area contributed by atoms with E-state index in [0.29, 0.717) is 21.9 Å². The number of nitrogens with zero attached hydrogens (tertiary/aromatic N) is 1. The fraction of sp³-hybridized carbons (Fsp3) is 0.300. The third kappa shape index (κ3) is 3.21. The normalized spacial score (nSPS) is 10.2. The summed E-state index contributed by atoms with van der Waals surface area (Å²) in [5.41, 5.74) is 0.939. The summed E-state index contributed by atoms with van der Waals surface area (Å²) in [6, 6.07) is 1.79. The first-order chi connectivity index (χ1) is 7.47. The Hall–Kier alpha value is -0.0700. The van der Waals surface area contributed by atoms with Crippen molar-refractivity contribution in [3.05, 3.63) is 25.0 Å². The van der Waals surface area contributed by atoms with Gasteiger partial charge in [0.25, 0.3) is 0 Å². The van der Waals surface area contributed by atoms with Crippen LogP contribution in [0.1, 0.15) is 5.56 Å². The number of carbonyl (C=O) groups is 1. The quantitative estimate of drug-likeness (QED) is 0.766. The molecule has 0 fully saturated rings. The number of rotatable bonds is 4. The molecule has 0 aromatic heterocycles. The molecule has 88 valence electrons. The van der Waals surface area contributed by atoms with E-state index in [2.05, 4.69) is 47.8 Å². The van der Waals surface area contributed by atoms with E-state index in [-0.39, 0.29) is 5.75 Å². The van der Waals surface area contributed by atoms with Gasteiger partial charge >= 0.3 is 0 Å². The number of aromatic hydroxyl groups is 1. The van der Waals surface area contributed by atoms with Crippen molar-refractivity contribution in [2.75, 3.05) is 13.6 Å². The number of phenols is 1. The standard InChI is InChI=1S/C10H10Br3NO2/c1-14(5-15)3-2-6-7(11)4-8(12)10(16)9(6)13/h4-5,16H,2-3H2,1H3. The minimum Gasteiger partial charge on any atom is -0.506 e. The molecular weight excluding hydrogens is 406 g/mol. The topological polar surface area (TPSA) is 40.5 Å². The Kier molecular flexibility index (Phi) is 5.27. The van der Waals surface area contributed by atoms with Gasteiger partial charge in [-0.3, -0.25) is 4.79 Å². The van der Waals surface area contributed by atoms with Gasteiger partial charge in [-0.25, -0.2) is 0 Å². The van der Waals surface area contributed by atoms with Gasteiger partial charge in [-0.05, 0) is 49.9 Å². The van der Waals surface area contributed by atoms with Gasteiger partial charge in [-0.15, -0.1) is 0 Å². The monoisotopic (exact) mass is 413 g/mol. The Labute approximate surface area is 119 Å². The van der Waals surface area contributed by atoms with Gasteiger partial charge in [0.1, 0.15) is 5.75 Å². The Morgan fingerprint density at radius 3 is 2.56 bits per heavy atom. The molecule has 0 heterocycles. The molecule has 0 bridgehead atoms.